The van der Waals surface area contributed by atoms with E-state index >= 15 is 0 Å². The minimum Gasteiger partial charge on any atom is -0.385 e. The number of nitrogens with zero attached hydrogens (tertiary/aromatic N) is 2. The Kier molecular flexibility index (Phi) is 10.0. The van der Waals surface area contributed by atoms with Crippen LogP contribution in [0.1, 0.15) is 16.9 Å². The Morgan fingerprint density at radius 1 is 1.06 bits per heavy atom. The zero-order chi connectivity index (χ0) is 25.2. The van der Waals surface area contributed by atoms with E-state index in [1.54, 1.807) is 24.1 Å². The van der Waals surface area contributed by atoms with E-state index in [0.717, 1.165) is 16.5 Å². The van der Waals surface area contributed by atoms with Crippen molar-refractivity contribution in [3.05, 3.63) is 87.1 Å². The standard InChI is InChI=1S/C25H26ClF2N3O3S/c1-34-12-3-11-30(25(33)29-20-9-10-23(28)22(26)14-20)17-24(32)31(16-21-4-2-13-35-21)15-18-5-7-19(27)8-6-18/h2,4-10,13-14H,3,11-12,15-17H2,1H3,(H,29,33). The van der Waals surface area contributed by atoms with Gasteiger partial charge in [-0.2, -0.15) is 0 Å². The molecule has 0 atom stereocenters. The first-order valence-electron chi connectivity index (χ1n) is 10.9. The fourth-order valence-electron chi connectivity index (χ4n) is 3.32. The lowest BCUT2D eigenvalue weighted by Crippen LogP contribution is -2.44. The number of anilines is 1. The third-order valence-corrected chi connectivity index (χ3v) is 6.28. The van der Waals surface area contributed by atoms with Gasteiger partial charge in [0.2, 0.25) is 5.91 Å². The van der Waals surface area contributed by atoms with Crippen LogP contribution in [0.25, 0.3) is 0 Å². The molecule has 10 heteroatoms. The van der Waals surface area contributed by atoms with Crippen molar-refractivity contribution < 1.29 is 23.1 Å². The summed E-state index contributed by atoms with van der Waals surface area (Å²) in [6, 6.07) is 13.1. The van der Waals surface area contributed by atoms with E-state index in [1.165, 1.54) is 40.5 Å². The van der Waals surface area contributed by atoms with Crippen LogP contribution >= 0.6 is 22.9 Å². The molecule has 0 radical (unpaired) electrons. The van der Waals surface area contributed by atoms with Crippen LogP contribution in [0.4, 0.5) is 19.3 Å². The minimum absolute atomic E-state index is 0.119. The van der Waals surface area contributed by atoms with Crippen LogP contribution in [-0.4, -0.2) is 48.5 Å². The molecule has 1 N–H and O–H groups in total. The first kappa shape index (κ1) is 26.6. The Bertz CT molecular complexity index is 1110. The topological polar surface area (TPSA) is 61.9 Å². The predicted molar refractivity (Wildman–Crippen MR) is 133 cm³/mol. The number of halogens is 3. The van der Waals surface area contributed by atoms with Gasteiger partial charge >= 0.3 is 6.03 Å². The summed E-state index contributed by atoms with van der Waals surface area (Å²) in [7, 11) is 1.56. The molecule has 0 aliphatic rings. The number of methoxy groups -OCH3 is 1. The maximum Gasteiger partial charge on any atom is 0.322 e. The van der Waals surface area contributed by atoms with Crippen molar-refractivity contribution in [1.82, 2.24) is 9.80 Å². The molecule has 3 rings (SSSR count). The average Bonchev–Trinajstić information content (AvgIpc) is 3.35. The molecule has 0 saturated carbocycles. The number of urea groups is 1. The first-order chi connectivity index (χ1) is 16.9. The quantitative estimate of drug-likeness (QED) is 0.325. The summed E-state index contributed by atoms with van der Waals surface area (Å²) in [5.74, 6) is -1.22. The molecule has 186 valence electrons. The van der Waals surface area contributed by atoms with Gasteiger partial charge in [-0.1, -0.05) is 29.8 Å². The Hall–Kier alpha value is -3.01. The molecule has 3 aromatic rings. The Morgan fingerprint density at radius 3 is 2.49 bits per heavy atom. The van der Waals surface area contributed by atoms with Gasteiger partial charge in [0.05, 0.1) is 11.6 Å². The lowest BCUT2D eigenvalue weighted by atomic mass is 10.2. The summed E-state index contributed by atoms with van der Waals surface area (Å²) < 4.78 is 31.9. The molecule has 1 aromatic heterocycles. The minimum atomic E-state index is -0.596. The highest BCUT2D eigenvalue weighted by atomic mass is 35.5. The number of nitrogens with one attached hydrogen (secondary N) is 1. The molecule has 3 amide bonds. The van der Waals surface area contributed by atoms with Gasteiger partial charge in [-0.3, -0.25) is 4.79 Å². The molecule has 0 fully saturated rings. The third kappa shape index (κ3) is 8.31. The molecule has 0 unspecified atom stereocenters. The lowest BCUT2D eigenvalue weighted by molar-refractivity contribution is -0.133. The number of rotatable bonds is 11. The van der Waals surface area contributed by atoms with Crippen molar-refractivity contribution in [3.63, 3.8) is 0 Å². The van der Waals surface area contributed by atoms with Crippen molar-refractivity contribution in [1.29, 1.82) is 0 Å². The zero-order valence-corrected chi connectivity index (χ0v) is 20.7. The van der Waals surface area contributed by atoms with Crippen LogP contribution in [0.2, 0.25) is 5.02 Å². The van der Waals surface area contributed by atoms with Gasteiger partial charge in [-0.25, -0.2) is 13.6 Å². The van der Waals surface area contributed by atoms with Gasteiger partial charge < -0.3 is 19.9 Å². The number of ether oxygens (including phenoxy) is 1. The first-order valence-corrected chi connectivity index (χ1v) is 12.2. The molecule has 6 nitrogen and oxygen atoms in total. The summed E-state index contributed by atoms with van der Waals surface area (Å²) in [6.45, 7) is 1.11. The molecular formula is C25H26ClF2N3O3S. The van der Waals surface area contributed by atoms with Crippen LogP contribution in [0.3, 0.4) is 0 Å². The Labute approximate surface area is 212 Å². The summed E-state index contributed by atoms with van der Waals surface area (Å²) >= 11 is 7.34. The second-order valence-electron chi connectivity index (χ2n) is 7.78. The van der Waals surface area contributed by atoms with Crippen molar-refractivity contribution in [2.24, 2.45) is 0 Å². The van der Waals surface area contributed by atoms with Crippen molar-refractivity contribution in [2.75, 3.05) is 32.1 Å². The highest BCUT2D eigenvalue weighted by Crippen LogP contribution is 2.20. The van der Waals surface area contributed by atoms with E-state index in [2.05, 4.69) is 5.32 Å². The number of hydrogen-bond acceptors (Lipinski definition) is 4. The average molecular weight is 522 g/mol. The molecule has 35 heavy (non-hydrogen) atoms. The summed E-state index contributed by atoms with van der Waals surface area (Å²) in [5.41, 5.74) is 1.08. The number of amides is 3. The number of benzene rings is 2. The number of hydrogen-bond donors (Lipinski definition) is 1. The molecule has 2 aromatic carbocycles. The van der Waals surface area contributed by atoms with Crippen LogP contribution in [0.15, 0.2) is 60.0 Å². The van der Waals surface area contributed by atoms with Gasteiger partial charge in [-0.15, -0.1) is 11.3 Å². The second-order valence-corrected chi connectivity index (χ2v) is 9.22. The van der Waals surface area contributed by atoms with Crippen molar-refractivity contribution >= 4 is 40.6 Å². The highest BCUT2D eigenvalue weighted by Gasteiger charge is 2.22. The Morgan fingerprint density at radius 2 is 1.83 bits per heavy atom. The summed E-state index contributed by atoms with van der Waals surface area (Å²) in [5, 5.41) is 4.47. The molecule has 0 saturated heterocycles. The molecule has 0 spiro atoms. The van der Waals surface area contributed by atoms with Gasteiger partial charge in [-0.05, 0) is 53.8 Å². The van der Waals surface area contributed by atoms with E-state index in [-0.39, 0.29) is 36.4 Å². The highest BCUT2D eigenvalue weighted by molar-refractivity contribution is 7.09. The van der Waals surface area contributed by atoms with E-state index in [1.807, 2.05) is 17.5 Å². The summed E-state index contributed by atoms with van der Waals surface area (Å²) in [6.07, 6.45) is 0.518. The predicted octanol–water partition coefficient (Wildman–Crippen LogP) is 5.78. The number of thiophene rings is 1. The second kappa shape index (κ2) is 13.2. The summed E-state index contributed by atoms with van der Waals surface area (Å²) in [4.78, 5) is 30.4. The van der Waals surface area contributed by atoms with Crippen LogP contribution < -0.4 is 5.32 Å². The fourth-order valence-corrected chi connectivity index (χ4v) is 4.22. The van der Waals surface area contributed by atoms with Gasteiger partial charge in [0, 0.05) is 37.4 Å². The van der Waals surface area contributed by atoms with E-state index < -0.39 is 11.8 Å². The van der Waals surface area contributed by atoms with E-state index in [4.69, 9.17) is 16.3 Å². The smallest absolute Gasteiger partial charge is 0.322 e. The zero-order valence-electron chi connectivity index (χ0n) is 19.2. The maximum absolute atomic E-state index is 13.5. The van der Waals surface area contributed by atoms with Crippen LogP contribution in [0, 0.1) is 11.6 Å². The number of carbonyl (C=O) groups is 2. The van der Waals surface area contributed by atoms with E-state index in [9.17, 15) is 18.4 Å². The lowest BCUT2D eigenvalue weighted by Gasteiger charge is -2.28. The van der Waals surface area contributed by atoms with Crippen LogP contribution in [0.5, 0.6) is 0 Å². The van der Waals surface area contributed by atoms with Gasteiger partial charge in [0.25, 0.3) is 0 Å². The molecule has 1 heterocycles. The molecule has 0 aliphatic carbocycles. The molecule has 0 aliphatic heterocycles. The van der Waals surface area contributed by atoms with Gasteiger partial charge in [0.1, 0.15) is 18.2 Å². The van der Waals surface area contributed by atoms with Crippen molar-refractivity contribution in [2.45, 2.75) is 19.5 Å². The largest absolute Gasteiger partial charge is 0.385 e. The van der Waals surface area contributed by atoms with Crippen LogP contribution in [-0.2, 0) is 22.6 Å². The monoisotopic (exact) mass is 521 g/mol. The number of carbonyl (C=O) groups excluding carboxylic acids is 2. The third-order valence-electron chi connectivity index (χ3n) is 5.13. The SMILES string of the molecule is COCCCN(CC(=O)N(Cc1ccc(F)cc1)Cc1cccs1)C(=O)Nc1ccc(F)c(Cl)c1. The molecular weight excluding hydrogens is 496 g/mol. The fraction of sp³-hybridized carbons (Fsp3) is 0.280. The molecule has 0 bridgehead atoms. The Balaban J connectivity index is 1.75. The normalized spacial score (nSPS) is 10.7. The maximum atomic E-state index is 13.5. The van der Waals surface area contributed by atoms with Gasteiger partial charge in [0.15, 0.2) is 0 Å². The van der Waals surface area contributed by atoms with E-state index in [0.29, 0.717) is 25.3 Å². The van der Waals surface area contributed by atoms with Crippen molar-refractivity contribution in [3.8, 4) is 0 Å².